The fourth-order valence-corrected chi connectivity index (χ4v) is 1.18. The molecule has 0 aromatic rings. The highest BCUT2D eigenvalue weighted by Crippen LogP contribution is 1.88. The summed E-state index contributed by atoms with van der Waals surface area (Å²) < 4.78 is 4.58. The van der Waals surface area contributed by atoms with E-state index >= 15 is 0 Å². The van der Waals surface area contributed by atoms with Gasteiger partial charge in [-0.2, -0.15) is 0 Å². The summed E-state index contributed by atoms with van der Waals surface area (Å²) in [5.74, 6) is -0.681. The minimum atomic E-state index is -0.617. The van der Waals surface area contributed by atoms with Crippen LogP contribution in [0.5, 0.6) is 0 Å². The fraction of sp³-hybridized carbons (Fsp3) is 0.636. The molecule has 0 heterocycles. The molecule has 0 radical (unpaired) electrons. The standard InChI is InChI=1S/C11H20N2O3/c1-4-5-6-7-12-8-10(11(15)16-3)13-9(2)14/h4-5,10,12H,6-8H2,1-3H3,(H,13,14)/b5-4+. The van der Waals surface area contributed by atoms with E-state index in [9.17, 15) is 9.59 Å². The van der Waals surface area contributed by atoms with Gasteiger partial charge in [-0.15, -0.1) is 0 Å². The molecule has 0 aliphatic rings. The number of rotatable bonds is 7. The maximum atomic E-state index is 11.3. The summed E-state index contributed by atoms with van der Waals surface area (Å²) >= 11 is 0. The first-order chi connectivity index (χ1) is 7.61. The molecule has 0 bridgehead atoms. The molecule has 1 unspecified atom stereocenters. The zero-order valence-corrected chi connectivity index (χ0v) is 10.1. The van der Waals surface area contributed by atoms with Crippen molar-refractivity contribution in [2.45, 2.75) is 26.3 Å². The first-order valence-electron chi connectivity index (χ1n) is 5.28. The topological polar surface area (TPSA) is 67.4 Å². The van der Waals surface area contributed by atoms with Crippen LogP contribution < -0.4 is 10.6 Å². The Kier molecular flexibility index (Phi) is 8.15. The van der Waals surface area contributed by atoms with E-state index < -0.39 is 12.0 Å². The van der Waals surface area contributed by atoms with Gasteiger partial charge in [-0.1, -0.05) is 12.2 Å². The van der Waals surface area contributed by atoms with Gasteiger partial charge >= 0.3 is 5.97 Å². The SMILES string of the molecule is C/C=C/CCNCC(NC(C)=O)C(=O)OC. The Labute approximate surface area is 96.2 Å². The number of methoxy groups -OCH3 is 1. The molecule has 1 amide bonds. The smallest absolute Gasteiger partial charge is 0.329 e. The molecular formula is C11H20N2O3. The first kappa shape index (κ1) is 14.6. The third kappa shape index (κ3) is 7.00. The zero-order valence-electron chi connectivity index (χ0n) is 10.1. The van der Waals surface area contributed by atoms with Gasteiger partial charge in [0, 0.05) is 13.5 Å². The lowest BCUT2D eigenvalue weighted by Gasteiger charge is -2.15. The van der Waals surface area contributed by atoms with Crippen molar-refractivity contribution in [3.05, 3.63) is 12.2 Å². The summed E-state index contributed by atoms with van der Waals surface area (Å²) in [5.41, 5.74) is 0. The van der Waals surface area contributed by atoms with Crippen molar-refractivity contribution in [1.82, 2.24) is 10.6 Å². The second-order valence-electron chi connectivity index (χ2n) is 3.34. The van der Waals surface area contributed by atoms with E-state index in [0.717, 1.165) is 13.0 Å². The second-order valence-corrected chi connectivity index (χ2v) is 3.34. The molecule has 0 aromatic carbocycles. The first-order valence-corrected chi connectivity index (χ1v) is 5.28. The Morgan fingerprint density at radius 2 is 2.12 bits per heavy atom. The third-order valence-corrected chi connectivity index (χ3v) is 1.94. The average molecular weight is 228 g/mol. The summed E-state index contributed by atoms with van der Waals surface area (Å²) in [6.45, 7) is 4.46. The van der Waals surface area contributed by atoms with Crippen LogP contribution in [0.3, 0.4) is 0 Å². The van der Waals surface area contributed by atoms with Crippen LogP contribution in [0, 0.1) is 0 Å². The number of esters is 1. The second kappa shape index (κ2) is 8.91. The van der Waals surface area contributed by atoms with Crippen LogP contribution in [0.2, 0.25) is 0 Å². The van der Waals surface area contributed by atoms with Crippen LogP contribution in [0.25, 0.3) is 0 Å². The summed E-state index contributed by atoms with van der Waals surface area (Å²) in [4.78, 5) is 22.1. The van der Waals surface area contributed by atoms with Gasteiger partial charge in [-0.05, 0) is 19.9 Å². The van der Waals surface area contributed by atoms with Gasteiger partial charge in [0.2, 0.25) is 5.91 Å². The molecule has 1 atom stereocenters. The van der Waals surface area contributed by atoms with Crippen molar-refractivity contribution in [2.75, 3.05) is 20.2 Å². The average Bonchev–Trinajstić information content (AvgIpc) is 2.25. The van der Waals surface area contributed by atoms with Crippen molar-refractivity contribution in [3.8, 4) is 0 Å². The Hall–Kier alpha value is -1.36. The van der Waals surface area contributed by atoms with E-state index in [1.807, 2.05) is 19.1 Å². The third-order valence-electron chi connectivity index (χ3n) is 1.94. The lowest BCUT2D eigenvalue weighted by Crippen LogP contribution is -2.47. The number of hydrogen-bond acceptors (Lipinski definition) is 4. The van der Waals surface area contributed by atoms with Crippen LogP contribution in [0.4, 0.5) is 0 Å². The molecule has 0 aromatic heterocycles. The van der Waals surface area contributed by atoms with Crippen molar-refractivity contribution >= 4 is 11.9 Å². The van der Waals surface area contributed by atoms with Gasteiger partial charge in [-0.3, -0.25) is 4.79 Å². The predicted octanol–water partition coefficient (Wildman–Crippen LogP) is 0.220. The van der Waals surface area contributed by atoms with Gasteiger partial charge in [0.05, 0.1) is 7.11 Å². The molecule has 0 saturated carbocycles. The monoisotopic (exact) mass is 228 g/mol. The van der Waals surface area contributed by atoms with Gasteiger partial charge in [-0.25, -0.2) is 4.79 Å². The lowest BCUT2D eigenvalue weighted by molar-refractivity contribution is -0.144. The van der Waals surface area contributed by atoms with Crippen molar-refractivity contribution in [1.29, 1.82) is 0 Å². The quantitative estimate of drug-likeness (QED) is 0.371. The van der Waals surface area contributed by atoms with Crippen molar-refractivity contribution in [3.63, 3.8) is 0 Å². The number of carbonyl (C=O) groups excluding carboxylic acids is 2. The lowest BCUT2D eigenvalue weighted by atomic mass is 10.3. The van der Waals surface area contributed by atoms with Crippen molar-refractivity contribution in [2.24, 2.45) is 0 Å². The highest BCUT2D eigenvalue weighted by molar-refractivity contribution is 5.83. The molecule has 16 heavy (non-hydrogen) atoms. The maximum absolute atomic E-state index is 11.3. The minimum absolute atomic E-state index is 0.245. The Bertz CT molecular complexity index is 252. The maximum Gasteiger partial charge on any atom is 0.329 e. The van der Waals surface area contributed by atoms with Gasteiger partial charge in [0.1, 0.15) is 6.04 Å². The largest absolute Gasteiger partial charge is 0.467 e. The summed E-state index contributed by atoms with van der Waals surface area (Å²) in [6, 6.07) is -0.617. The van der Waals surface area contributed by atoms with Crippen LogP contribution in [0.15, 0.2) is 12.2 Å². The normalized spacial score (nSPS) is 12.4. The van der Waals surface area contributed by atoms with Crippen LogP contribution in [-0.4, -0.2) is 38.1 Å². The molecule has 5 heteroatoms. The molecule has 0 spiro atoms. The van der Waals surface area contributed by atoms with Crippen LogP contribution in [-0.2, 0) is 14.3 Å². The highest BCUT2D eigenvalue weighted by atomic mass is 16.5. The van der Waals surface area contributed by atoms with Gasteiger partial charge in [0.25, 0.3) is 0 Å². The number of allylic oxidation sites excluding steroid dienone is 1. The number of carbonyl (C=O) groups is 2. The van der Waals surface area contributed by atoms with E-state index in [1.54, 1.807) is 0 Å². The van der Waals surface area contributed by atoms with E-state index in [0.29, 0.717) is 6.54 Å². The molecule has 0 aliphatic carbocycles. The Morgan fingerprint density at radius 1 is 1.44 bits per heavy atom. The minimum Gasteiger partial charge on any atom is -0.467 e. The summed E-state index contributed by atoms with van der Waals surface area (Å²) in [6.07, 6.45) is 4.89. The summed E-state index contributed by atoms with van der Waals surface area (Å²) in [5, 5.41) is 5.60. The van der Waals surface area contributed by atoms with Crippen LogP contribution in [0.1, 0.15) is 20.3 Å². The highest BCUT2D eigenvalue weighted by Gasteiger charge is 2.18. The predicted molar refractivity (Wildman–Crippen MR) is 61.9 cm³/mol. The van der Waals surface area contributed by atoms with E-state index in [1.165, 1.54) is 14.0 Å². The number of amides is 1. The molecule has 0 aliphatic heterocycles. The Morgan fingerprint density at radius 3 is 2.62 bits per heavy atom. The molecule has 0 fully saturated rings. The van der Waals surface area contributed by atoms with Crippen molar-refractivity contribution < 1.29 is 14.3 Å². The molecule has 92 valence electrons. The number of ether oxygens (including phenoxy) is 1. The molecule has 0 rings (SSSR count). The molecular weight excluding hydrogens is 208 g/mol. The van der Waals surface area contributed by atoms with Crippen LogP contribution >= 0.6 is 0 Å². The zero-order chi connectivity index (χ0) is 12.4. The van der Waals surface area contributed by atoms with E-state index in [2.05, 4.69) is 15.4 Å². The fourth-order valence-electron chi connectivity index (χ4n) is 1.18. The number of nitrogens with one attached hydrogen (secondary N) is 2. The summed E-state index contributed by atoms with van der Waals surface area (Å²) in [7, 11) is 1.30. The van der Waals surface area contributed by atoms with Gasteiger partial charge in [0.15, 0.2) is 0 Å². The molecule has 0 saturated heterocycles. The molecule has 2 N–H and O–H groups in total. The molecule has 5 nitrogen and oxygen atoms in total. The Balaban J connectivity index is 3.92. The van der Waals surface area contributed by atoms with Gasteiger partial charge < -0.3 is 15.4 Å². The number of hydrogen-bond donors (Lipinski definition) is 2. The van der Waals surface area contributed by atoms with E-state index in [4.69, 9.17) is 0 Å². The van der Waals surface area contributed by atoms with E-state index in [-0.39, 0.29) is 5.91 Å².